The largest absolute Gasteiger partial charge is 0.298 e. The van der Waals surface area contributed by atoms with Crippen LogP contribution in [-0.2, 0) is 9.59 Å². The van der Waals surface area contributed by atoms with E-state index in [-0.39, 0.29) is 5.92 Å². The quantitative estimate of drug-likeness (QED) is 0.689. The molecule has 0 aromatic rings. The van der Waals surface area contributed by atoms with Crippen molar-refractivity contribution in [3.63, 3.8) is 0 Å². The Bertz CT molecular complexity index is 269. The minimum Gasteiger partial charge on any atom is -0.298 e. The molecule has 0 spiro atoms. The number of carbonyl (C=O) groups is 2. The summed E-state index contributed by atoms with van der Waals surface area (Å²) in [5.41, 5.74) is 0. The van der Waals surface area contributed by atoms with E-state index >= 15 is 0 Å². The molecule has 0 aromatic carbocycles. The van der Waals surface area contributed by atoms with Crippen LogP contribution in [0.4, 0.5) is 0 Å². The van der Waals surface area contributed by atoms with Crippen LogP contribution in [0.5, 0.6) is 0 Å². The molecule has 0 N–H and O–H groups in total. The Labute approximate surface area is 104 Å². The SMILES string of the molecule is CCC(=O)CN1CCN(CC(=O)C(C)C)CC1. The third-order valence-corrected chi connectivity index (χ3v) is 3.28. The molecule has 1 saturated heterocycles. The Morgan fingerprint density at radius 3 is 1.88 bits per heavy atom. The Kier molecular flexibility index (Phi) is 5.78. The van der Waals surface area contributed by atoms with Crippen molar-refractivity contribution in [2.75, 3.05) is 39.3 Å². The second-order valence-electron chi connectivity index (χ2n) is 5.07. The summed E-state index contributed by atoms with van der Waals surface area (Å²) in [7, 11) is 0. The average Bonchev–Trinajstić information content (AvgIpc) is 2.31. The lowest BCUT2D eigenvalue weighted by atomic mass is 10.1. The summed E-state index contributed by atoms with van der Waals surface area (Å²) < 4.78 is 0. The number of hydrogen-bond donors (Lipinski definition) is 0. The molecule has 0 saturated carbocycles. The van der Waals surface area contributed by atoms with Crippen molar-refractivity contribution < 1.29 is 9.59 Å². The van der Waals surface area contributed by atoms with Gasteiger partial charge in [-0.25, -0.2) is 0 Å². The van der Waals surface area contributed by atoms with E-state index in [2.05, 4.69) is 9.80 Å². The van der Waals surface area contributed by atoms with E-state index in [1.807, 2.05) is 20.8 Å². The molecule has 0 unspecified atom stereocenters. The van der Waals surface area contributed by atoms with Gasteiger partial charge in [0.25, 0.3) is 0 Å². The number of piperazine rings is 1. The van der Waals surface area contributed by atoms with Gasteiger partial charge in [-0.2, -0.15) is 0 Å². The molecule has 0 radical (unpaired) electrons. The van der Waals surface area contributed by atoms with Gasteiger partial charge in [-0.15, -0.1) is 0 Å². The van der Waals surface area contributed by atoms with Gasteiger partial charge < -0.3 is 0 Å². The van der Waals surface area contributed by atoms with Gasteiger partial charge in [-0.05, 0) is 0 Å². The molecule has 1 aliphatic rings. The fourth-order valence-corrected chi connectivity index (χ4v) is 1.87. The normalized spacial score (nSPS) is 18.6. The summed E-state index contributed by atoms with van der Waals surface area (Å²) >= 11 is 0. The van der Waals surface area contributed by atoms with Crippen molar-refractivity contribution in [3.05, 3.63) is 0 Å². The Morgan fingerprint density at radius 1 is 1.00 bits per heavy atom. The zero-order valence-corrected chi connectivity index (χ0v) is 11.2. The van der Waals surface area contributed by atoms with E-state index in [4.69, 9.17) is 0 Å². The standard InChI is InChI=1S/C13H24N2O2/c1-4-12(16)9-14-5-7-15(8-6-14)10-13(17)11(2)3/h11H,4-10H2,1-3H3. The first-order valence-electron chi connectivity index (χ1n) is 6.52. The summed E-state index contributed by atoms with van der Waals surface area (Å²) in [6.45, 7) is 10.5. The highest BCUT2D eigenvalue weighted by atomic mass is 16.1. The first-order valence-corrected chi connectivity index (χ1v) is 6.52. The van der Waals surface area contributed by atoms with E-state index < -0.39 is 0 Å². The van der Waals surface area contributed by atoms with Crippen molar-refractivity contribution >= 4 is 11.6 Å². The first kappa shape index (κ1) is 14.3. The molecule has 0 aromatic heterocycles. The molecule has 1 heterocycles. The predicted octanol–water partition coefficient (Wildman–Crippen LogP) is 0.808. The van der Waals surface area contributed by atoms with Gasteiger partial charge in [0.1, 0.15) is 11.6 Å². The molecule has 0 amide bonds. The molecule has 1 fully saturated rings. The number of nitrogens with zero attached hydrogens (tertiary/aromatic N) is 2. The summed E-state index contributed by atoms with van der Waals surface area (Å²) in [6, 6.07) is 0. The lowest BCUT2D eigenvalue weighted by Crippen LogP contribution is -2.49. The molecule has 1 aliphatic heterocycles. The van der Waals surface area contributed by atoms with Crippen LogP contribution < -0.4 is 0 Å². The highest BCUT2D eigenvalue weighted by Crippen LogP contribution is 2.04. The maximum Gasteiger partial charge on any atom is 0.149 e. The number of Topliss-reactive ketones (excluding diaryl/α,β-unsaturated/α-hetero) is 2. The number of hydrogen-bond acceptors (Lipinski definition) is 4. The second kappa shape index (κ2) is 6.87. The topological polar surface area (TPSA) is 40.6 Å². The van der Waals surface area contributed by atoms with Gasteiger partial charge in [-0.3, -0.25) is 19.4 Å². The molecule has 98 valence electrons. The van der Waals surface area contributed by atoms with Gasteiger partial charge in [0.05, 0.1) is 13.1 Å². The Balaban J connectivity index is 2.26. The van der Waals surface area contributed by atoms with Crippen LogP contribution in [0.2, 0.25) is 0 Å². The van der Waals surface area contributed by atoms with Gasteiger partial charge in [0.15, 0.2) is 0 Å². The first-order chi connectivity index (χ1) is 8.02. The summed E-state index contributed by atoms with van der Waals surface area (Å²) in [5.74, 6) is 0.731. The highest BCUT2D eigenvalue weighted by Gasteiger charge is 2.20. The monoisotopic (exact) mass is 240 g/mol. The zero-order valence-electron chi connectivity index (χ0n) is 11.2. The van der Waals surface area contributed by atoms with Crippen LogP contribution in [0.3, 0.4) is 0 Å². The smallest absolute Gasteiger partial charge is 0.149 e. The fourth-order valence-electron chi connectivity index (χ4n) is 1.87. The number of ketones is 2. The lowest BCUT2D eigenvalue weighted by molar-refractivity contribution is -0.124. The lowest BCUT2D eigenvalue weighted by Gasteiger charge is -2.34. The van der Waals surface area contributed by atoms with E-state index in [9.17, 15) is 9.59 Å². The van der Waals surface area contributed by atoms with Crippen molar-refractivity contribution in [2.45, 2.75) is 27.2 Å². The molecule has 0 aliphatic carbocycles. The maximum absolute atomic E-state index is 11.6. The van der Waals surface area contributed by atoms with E-state index in [1.165, 1.54) is 0 Å². The molecule has 4 nitrogen and oxygen atoms in total. The maximum atomic E-state index is 11.6. The van der Waals surface area contributed by atoms with Crippen molar-refractivity contribution in [2.24, 2.45) is 5.92 Å². The highest BCUT2D eigenvalue weighted by molar-refractivity contribution is 5.82. The fraction of sp³-hybridized carbons (Fsp3) is 0.846. The van der Waals surface area contributed by atoms with Crippen molar-refractivity contribution in [1.82, 2.24) is 9.80 Å². The Hall–Kier alpha value is -0.740. The van der Waals surface area contributed by atoms with Gasteiger partial charge in [0, 0.05) is 38.5 Å². The molecular formula is C13H24N2O2. The van der Waals surface area contributed by atoms with Crippen LogP contribution in [0.1, 0.15) is 27.2 Å². The Morgan fingerprint density at radius 2 is 1.47 bits per heavy atom. The summed E-state index contributed by atoms with van der Waals surface area (Å²) in [6.07, 6.45) is 0.617. The molecular weight excluding hydrogens is 216 g/mol. The second-order valence-corrected chi connectivity index (χ2v) is 5.07. The summed E-state index contributed by atoms with van der Waals surface area (Å²) in [5, 5.41) is 0. The molecule has 1 rings (SSSR count). The predicted molar refractivity (Wildman–Crippen MR) is 68.0 cm³/mol. The summed E-state index contributed by atoms with van der Waals surface area (Å²) in [4.78, 5) is 27.3. The van der Waals surface area contributed by atoms with Crippen LogP contribution >= 0.6 is 0 Å². The minimum absolute atomic E-state index is 0.120. The van der Waals surface area contributed by atoms with Crippen LogP contribution in [0.25, 0.3) is 0 Å². The van der Waals surface area contributed by atoms with Crippen molar-refractivity contribution in [1.29, 1.82) is 0 Å². The minimum atomic E-state index is 0.120. The zero-order chi connectivity index (χ0) is 12.8. The number of rotatable bonds is 6. The van der Waals surface area contributed by atoms with Crippen LogP contribution in [-0.4, -0.2) is 60.6 Å². The molecule has 17 heavy (non-hydrogen) atoms. The van der Waals surface area contributed by atoms with Gasteiger partial charge in [0.2, 0.25) is 0 Å². The van der Waals surface area contributed by atoms with Crippen molar-refractivity contribution in [3.8, 4) is 0 Å². The molecule has 0 bridgehead atoms. The van der Waals surface area contributed by atoms with Crippen LogP contribution in [0, 0.1) is 5.92 Å². The number of carbonyl (C=O) groups excluding carboxylic acids is 2. The third-order valence-electron chi connectivity index (χ3n) is 3.28. The third kappa shape index (κ3) is 4.96. The van der Waals surface area contributed by atoms with Gasteiger partial charge in [-0.1, -0.05) is 20.8 Å². The van der Waals surface area contributed by atoms with Crippen LogP contribution in [0.15, 0.2) is 0 Å². The van der Waals surface area contributed by atoms with E-state index in [0.717, 1.165) is 26.2 Å². The van der Waals surface area contributed by atoms with E-state index in [0.29, 0.717) is 31.1 Å². The van der Waals surface area contributed by atoms with E-state index in [1.54, 1.807) is 0 Å². The molecule has 4 heteroatoms. The molecule has 0 atom stereocenters. The van der Waals surface area contributed by atoms with Gasteiger partial charge >= 0.3 is 0 Å². The average molecular weight is 240 g/mol.